The molecule has 3 heterocycles. The zero-order chi connectivity index (χ0) is 14.8. The Morgan fingerprint density at radius 1 is 1.52 bits per heavy atom. The van der Waals surface area contributed by atoms with Gasteiger partial charge in [-0.3, -0.25) is 9.20 Å². The summed E-state index contributed by atoms with van der Waals surface area (Å²) in [5, 5.41) is 12.4. The van der Waals surface area contributed by atoms with Crippen molar-refractivity contribution < 1.29 is 4.79 Å². The number of thiophene rings is 1. The number of thiazole rings is 1. The van der Waals surface area contributed by atoms with E-state index in [1.165, 1.54) is 11.3 Å². The van der Waals surface area contributed by atoms with Crippen molar-refractivity contribution in [1.29, 1.82) is 5.26 Å². The fraction of sp³-hybridized carbons (Fsp3) is 0.214. The number of hydrogen-bond acceptors (Lipinski definition) is 5. The summed E-state index contributed by atoms with van der Waals surface area (Å²) < 4.78 is 1.82. The van der Waals surface area contributed by atoms with Gasteiger partial charge < -0.3 is 4.90 Å². The first-order chi connectivity index (χ1) is 10.2. The second-order valence-corrected chi connectivity index (χ2v) is 6.30. The van der Waals surface area contributed by atoms with Crippen molar-refractivity contribution in [2.75, 3.05) is 13.6 Å². The monoisotopic (exact) mass is 316 g/mol. The maximum atomic E-state index is 12.4. The summed E-state index contributed by atoms with van der Waals surface area (Å²) in [4.78, 5) is 20.4. The topological polar surface area (TPSA) is 61.4 Å². The lowest BCUT2D eigenvalue weighted by Crippen LogP contribution is -2.28. The van der Waals surface area contributed by atoms with Crippen LogP contribution in [0.3, 0.4) is 0 Å². The van der Waals surface area contributed by atoms with Crippen molar-refractivity contribution in [3.05, 3.63) is 34.8 Å². The molecule has 0 aliphatic rings. The van der Waals surface area contributed by atoms with Crippen molar-refractivity contribution in [2.45, 2.75) is 6.42 Å². The molecule has 0 atom stereocenters. The number of carbonyl (C=O) groups excluding carboxylic acids is 1. The van der Waals surface area contributed by atoms with Gasteiger partial charge in [0.05, 0.1) is 17.4 Å². The van der Waals surface area contributed by atoms with Gasteiger partial charge in [-0.1, -0.05) is 6.07 Å². The van der Waals surface area contributed by atoms with Crippen molar-refractivity contribution in [3.8, 4) is 16.6 Å². The Balaban J connectivity index is 1.93. The van der Waals surface area contributed by atoms with E-state index < -0.39 is 0 Å². The third-order valence-corrected chi connectivity index (χ3v) is 4.84. The van der Waals surface area contributed by atoms with Gasteiger partial charge in [-0.15, -0.1) is 22.7 Å². The predicted molar refractivity (Wildman–Crippen MR) is 83.6 cm³/mol. The van der Waals surface area contributed by atoms with Crippen LogP contribution in [0.4, 0.5) is 0 Å². The standard InChI is InChI=1S/C14H12N4OS2/c1-17(6-3-5-15)13(19)11-9-21-14-16-10(8-18(11)14)12-4-2-7-20-12/h2,4,7-9H,3,6H2,1H3. The fourth-order valence-electron chi connectivity index (χ4n) is 2.00. The highest BCUT2D eigenvalue weighted by molar-refractivity contribution is 7.15. The zero-order valence-corrected chi connectivity index (χ0v) is 12.9. The van der Waals surface area contributed by atoms with Gasteiger partial charge in [0.15, 0.2) is 4.96 Å². The summed E-state index contributed by atoms with van der Waals surface area (Å²) >= 11 is 3.07. The molecule has 3 aromatic rings. The maximum absolute atomic E-state index is 12.4. The number of carbonyl (C=O) groups is 1. The Kier molecular flexibility index (Phi) is 3.73. The van der Waals surface area contributed by atoms with Crippen LogP contribution in [0, 0.1) is 11.3 Å². The normalized spacial score (nSPS) is 10.7. The van der Waals surface area contributed by atoms with Gasteiger partial charge in [0.1, 0.15) is 11.4 Å². The molecule has 0 fully saturated rings. The van der Waals surface area contributed by atoms with Gasteiger partial charge in [0.25, 0.3) is 5.91 Å². The van der Waals surface area contributed by atoms with Crippen LogP contribution in [-0.4, -0.2) is 33.8 Å². The first-order valence-electron chi connectivity index (χ1n) is 6.33. The van der Waals surface area contributed by atoms with Crippen molar-refractivity contribution >= 4 is 33.5 Å². The maximum Gasteiger partial charge on any atom is 0.271 e. The van der Waals surface area contributed by atoms with E-state index >= 15 is 0 Å². The average molecular weight is 316 g/mol. The van der Waals surface area contributed by atoms with E-state index in [-0.39, 0.29) is 5.91 Å². The minimum absolute atomic E-state index is 0.0911. The summed E-state index contributed by atoms with van der Waals surface area (Å²) in [5.41, 5.74) is 1.47. The molecule has 21 heavy (non-hydrogen) atoms. The number of nitrogens with zero attached hydrogens (tertiary/aromatic N) is 4. The smallest absolute Gasteiger partial charge is 0.271 e. The van der Waals surface area contributed by atoms with Gasteiger partial charge in [0.2, 0.25) is 0 Å². The largest absolute Gasteiger partial charge is 0.339 e. The number of amides is 1. The summed E-state index contributed by atoms with van der Waals surface area (Å²) in [5.74, 6) is -0.0911. The Hall–Kier alpha value is -2.17. The molecular formula is C14H12N4OS2. The number of rotatable bonds is 4. The van der Waals surface area contributed by atoms with Crippen LogP contribution < -0.4 is 0 Å². The molecule has 0 saturated heterocycles. The average Bonchev–Trinajstić information content (AvgIpc) is 3.17. The summed E-state index contributed by atoms with van der Waals surface area (Å²) in [6.45, 7) is 0.430. The van der Waals surface area contributed by atoms with Crippen LogP contribution in [0.1, 0.15) is 16.9 Å². The van der Waals surface area contributed by atoms with E-state index in [0.29, 0.717) is 18.7 Å². The third kappa shape index (κ3) is 2.55. The molecule has 0 unspecified atom stereocenters. The van der Waals surface area contributed by atoms with Crippen molar-refractivity contribution in [2.24, 2.45) is 0 Å². The first kappa shape index (κ1) is 13.8. The summed E-state index contributed by atoms with van der Waals surface area (Å²) in [6, 6.07) is 6.04. The molecule has 3 rings (SSSR count). The van der Waals surface area contributed by atoms with Crippen LogP contribution in [0.2, 0.25) is 0 Å². The van der Waals surface area contributed by atoms with Crippen LogP contribution >= 0.6 is 22.7 Å². The van der Waals surface area contributed by atoms with Crippen molar-refractivity contribution in [1.82, 2.24) is 14.3 Å². The Morgan fingerprint density at radius 3 is 3.10 bits per heavy atom. The number of aromatic nitrogens is 2. The van der Waals surface area contributed by atoms with Crippen LogP contribution in [0.25, 0.3) is 15.5 Å². The molecule has 7 heteroatoms. The van der Waals surface area contributed by atoms with Gasteiger partial charge in [-0.25, -0.2) is 4.98 Å². The molecular weight excluding hydrogens is 304 g/mol. The molecule has 1 amide bonds. The summed E-state index contributed by atoms with van der Waals surface area (Å²) in [6.07, 6.45) is 2.23. The SMILES string of the molecule is CN(CCC#N)C(=O)c1csc2nc(-c3cccs3)cn12. The lowest BCUT2D eigenvalue weighted by Gasteiger charge is -2.14. The third-order valence-electron chi connectivity index (χ3n) is 3.11. The minimum atomic E-state index is -0.0911. The van der Waals surface area contributed by atoms with E-state index in [1.807, 2.05) is 39.6 Å². The Labute approximate surface area is 129 Å². The van der Waals surface area contributed by atoms with Gasteiger partial charge in [-0.2, -0.15) is 5.26 Å². The van der Waals surface area contributed by atoms with E-state index in [2.05, 4.69) is 4.98 Å². The molecule has 3 aromatic heterocycles. The van der Waals surface area contributed by atoms with Crippen LogP contribution in [0.15, 0.2) is 29.1 Å². The number of nitriles is 1. The highest BCUT2D eigenvalue weighted by Gasteiger charge is 2.18. The quantitative estimate of drug-likeness (QED) is 0.743. The molecule has 0 aromatic carbocycles. The van der Waals surface area contributed by atoms with Gasteiger partial charge >= 0.3 is 0 Å². The molecule has 5 nitrogen and oxygen atoms in total. The molecule has 0 aliphatic heterocycles. The van der Waals surface area contributed by atoms with Crippen molar-refractivity contribution in [3.63, 3.8) is 0 Å². The number of imidazole rings is 1. The highest BCUT2D eigenvalue weighted by Crippen LogP contribution is 2.27. The van der Waals surface area contributed by atoms with E-state index in [4.69, 9.17) is 5.26 Å². The van der Waals surface area contributed by atoms with Gasteiger partial charge in [-0.05, 0) is 11.4 Å². The molecule has 0 radical (unpaired) electrons. The lowest BCUT2D eigenvalue weighted by molar-refractivity contribution is 0.0791. The van der Waals surface area contributed by atoms with E-state index in [9.17, 15) is 4.79 Å². The molecule has 106 valence electrons. The Morgan fingerprint density at radius 2 is 2.38 bits per heavy atom. The predicted octanol–water partition coefficient (Wildman–Crippen LogP) is 3.11. The first-order valence-corrected chi connectivity index (χ1v) is 8.09. The minimum Gasteiger partial charge on any atom is -0.339 e. The molecule has 0 N–H and O–H groups in total. The van der Waals surface area contributed by atoms with Crippen LogP contribution in [-0.2, 0) is 0 Å². The molecule has 0 saturated carbocycles. The second kappa shape index (κ2) is 5.68. The molecule has 0 spiro atoms. The lowest BCUT2D eigenvalue weighted by atomic mass is 10.3. The molecule has 0 aliphatic carbocycles. The number of hydrogen-bond donors (Lipinski definition) is 0. The Bertz CT molecular complexity index is 810. The zero-order valence-electron chi connectivity index (χ0n) is 11.3. The fourth-order valence-corrected chi connectivity index (χ4v) is 3.52. The van der Waals surface area contributed by atoms with E-state index in [0.717, 1.165) is 15.5 Å². The van der Waals surface area contributed by atoms with Crippen LogP contribution in [0.5, 0.6) is 0 Å². The number of fused-ring (bicyclic) bond motifs is 1. The second-order valence-electron chi connectivity index (χ2n) is 4.51. The molecule has 0 bridgehead atoms. The van der Waals surface area contributed by atoms with E-state index in [1.54, 1.807) is 23.3 Å². The highest BCUT2D eigenvalue weighted by atomic mass is 32.1. The van der Waals surface area contributed by atoms with Gasteiger partial charge in [0, 0.05) is 25.2 Å². The summed E-state index contributed by atoms with van der Waals surface area (Å²) in [7, 11) is 1.71.